The number of hydrogen-bond acceptors (Lipinski definition) is 4. The minimum atomic E-state index is -0.258. The Hall–Kier alpha value is -8.48. The molecule has 0 spiro atoms. The van der Waals surface area contributed by atoms with E-state index in [-0.39, 0.29) is 23.1 Å². The molecule has 15 rings (SSSR count). The lowest BCUT2D eigenvalue weighted by atomic mass is 9.45. The SMILES string of the molecule is CC(C)(C)c1ccc(N(c2ccc(C(C)(C)C)cc2)c2ccc3c(c2)B2c4c(cc5c(oc6ccccc65)c4-c4cc(C(C)(C)C)cc5c6c7ccccc7ccc6n2c45)N3c2cccc3c2oc2ccccc23)cc1. The van der Waals surface area contributed by atoms with Gasteiger partial charge in [0.1, 0.15) is 16.7 Å². The minimum absolute atomic E-state index is 0.00711. The molecular formula is C70H58BN3O2. The van der Waals surface area contributed by atoms with Crippen LogP contribution in [-0.4, -0.2) is 11.3 Å². The Labute approximate surface area is 443 Å². The van der Waals surface area contributed by atoms with Gasteiger partial charge in [0.05, 0.1) is 5.69 Å². The van der Waals surface area contributed by atoms with E-state index in [0.717, 1.165) is 83.6 Å². The lowest BCUT2D eigenvalue weighted by Gasteiger charge is -2.41. The normalized spacial score (nSPS) is 13.5. The highest BCUT2D eigenvalue weighted by Gasteiger charge is 2.46. The van der Waals surface area contributed by atoms with Gasteiger partial charge in [0.25, 0.3) is 0 Å². The van der Waals surface area contributed by atoms with E-state index in [0.29, 0.717) is 0 Å². The largest absolute Gasteiger partial charge is 0.455 e. The zero-order chi connectivity index (χ0) is 51.7. The topological polar surface area (TPSA) is 37.7 Å². The molecule has 0 saturated heterocycles. The molecule has 0 saturated carbocycles. The number of fused-ring (bicyclic) bond motifs is 16. The molecule has 0 N–H and O–H groups in total. The van der Waals surface area contributed by atoms with Crippen molar-refractivity contribution in [2.24, 2.45) is 0 Å². The predicted octanol–water partition coefficient (Wildman–Crippen LogP) is 18.5. The second-order valence-corrected chi connectivity index (χ2v) is 24.5. The van der Waals surface area contributed by atoms with Gasteiger partial charge in [-0.25, -0.2) is 0 Å². The summed E-state index contributed by atoms with van der Waals surface area (Å²) in [6.07, 6.45) is 0. The highest BCUT2D eigenvalue weighted by Crippen LogP contribution is 2.53. The van der Waals surface area contributed by atoms with Crippen LogP contribution in [0, 0.1) is 0 Å². The lowest BCUT2D eigenvalue weighted by molar-refractivity contribution is 0.590. The summed E-state index contributed by atoms with van der Waals surface area (Å²) >= 11 is 0. The van der Waals surface area contributed by atoms with E-state index in [1.807, 2.05) is 0 Å². The summed E-state index contributed by atoms with van der Waals surface area (Å²) in [5.74, 6) is 0. The molecule has 368 valence electrons. The van der Waals surface area contributed by atoms with Crippen molar-refractivity contribution in [1.29, 1.82) is 0 Å². The molecule has 6 heteroatoms. The van der Waals surface area contributed by atoms with Crippen LogP contribution in [0.15, 0.2) is 197 Å². The fourth-order valence-electron chi connectivity index (χ4n) is 12.9. The number of hydrogen-bond donors (Lipinski definition) is 0. The molecular weight excluding hydrogens is 926 g/mol. The maximum atomic E-state index is 7.27. The standard InChI is InChI=1S/C70H58BN3O2/c1-68(2,3)42-26-30-45(31-27-42)72(46-32-28-43(29-33-46)69(4,5)6)47-34-36-56-55(39-47)71-64-59(73(56)58-22-16-21-51-49-19-12-14-23-60(49)75-66(51)58)40-52-50-20-13-15-24-61(50)76-67(52)63(64)54-38-44(70(7,8)9)37-53-62-48-18-11-10-17-41(48)25-35-57(62)74(71)65(53)54/h10-40H,1-9H3. The molecule has 0 amide bonds. The zero-order valence-corrected chi connectivity index (χ0v) is 44.6. The molecule has 5 heterocycles. The second-order valence-electron chi connectivity index (χ2n) is 24.5. The Morgan fingerprint density at radius 1 is 0.421 bits per heavy atom. The van der Waals surface area contributed by atoms with Gasteiger partial charge in [0, 0.05) is 82.9 Å². The molecule has 0 atom stereocenters. The van der Waals surface area contributed by atoms with Gasteiger partial charge in [0.15, 0.2) is 5.58 Å². The average molecular weight is 984 g/mol. The number of benzene rings is 10. The summed E-state index contributed by atoms with van der Waals surface area (Å²) in [5.41, 5.74) is 21.0. The number of furan rings is 2. The maximum absolute atomic E-state index is 7.27. The molecule has 0 radical (unpaired) electrons. The first-order valence-electron chi connectivity index (χ1n) is 26.9. The third-order valence-electron chi connectivity index (χ3n) is 16.8. The van der Waals surface area contributed by atoms with Crippen LogP contribution < -0.4 is 20.7 Å². The van der Waals surface area contributed by atoms with E-state index in [1.165, 1.54) is 65.8 Å². The van der Waals surface area contributed by atoms with E-state index < -0.39 is 0 Å². The van der Waals surface area contributed by atoms with Gasteiger partial charge in [-0.3, -0.25) is 0 Å². The number of rotatable bonds is 4. The van der Waals surface area contributed by atoms with Crippen LogP contribution in [0.1, 0.15) is 79.0 Å². The second kappa shape index (κ2) is 15.6. The quantitative estimate of drug-likeness (QED) is 0.165. The average Bonchev–Trinajstić information content (AvgIpc) is 4.15. The number of nitrogens with zero attached hydrogens (tertiary/aromatic N) is 3. The molecule has 10 aromatic carbocycles. The number of aromatic nitrogens is 1. The van der Waals surface area contributed by atoms with E-state index in [9.17, 15) is 0 Å². The first-order valence-corrected chi connectivity index (χ1v) is 26.9. The number of para-hydroxylation sites is 3. The Balaban J connectivity index is 1.11. The molecule has 13 aromatic rings. The van der Waals surface area contributed by atoms with Crippen molar-refractivity contribution in [3.8, 4) is 11.1 Å². The third-order valence-corrected chi connectivity index (χ3v) is 16.8. The molecule has 3 aromatic heterocycles. The van der Waals surface area contributed by atoms with Crippen molar-refractivity contribution in [3.05, 3.63) is 205 Å². The Kier molecular flexibility index (Phi) is 9.20. The van der Waals surface area contributed by atoms with Crippen LogP contribution in [0.5, 0.6) is 0 Å². The molecule has 5 nitrogen and oxygen atoms in total. The first kappa shape index (κ1) is 45.0. The van der Waals surface area contributed by atoms with Gasteiger partial charge in [-0.05, 0) is 140 Å². The summed E-state index contributed by atoms with van der Waals surface area (Å²) in [6.45, 7) is 20.5. The van der Waals surface area contributed by atoms with Crippen molar-refractivity contribution in [3.63, 3.8) is 0 Å². The van der Waals surface area contributed by atoms with E-state index in [2.05, 4.69) is 265 Å². The highest BCUT2D eigenvalue weighted by atomic mass is 16.3. The predicted molar refractivity (Wildman–Crippen MR) is 323 cm³/mol. The van der Waals surface area contributed by atoms with Gasteiger partial charge < -0.3 is 23.1 Å². The van der Waals surface area contributed by atoms with Crippen molar-refractivity contribution in [1.82, 2.24) is 4.48 Å². The smallest absolute Gasteiger partial charge is 0.333 e. The first-order chi connectivity index (χ1) is 36.6. The molecule has 0 bridgehead atoms. The lowest BCUT2D eigenvalue weighted by Crippen LogP contribution is -2.56. The van der Waals surface area contributed by atoms with Crippen LogP contribution >= 0.6 is 0 Å². The number of anilines is 6. The van der Waals surface area contributed by atoms with E-state index in [1.54, 1.807) is 0 Å². The van der Waals surface area contributed by atoms with Gasteiger partial charge in [-0.15, -0.1) is 0 Å². The Morgan fingerprint density at radius 3 is 1.66 bits per heavy atom. The van der Waals surface area contributed by atoms with Crippen LogP contribution in [0.25, 0.3) is 87.6 Å². The van der Waals surface area contributed by atoms with Gasteiger partial charge in [-0.1, -0.05) is 165 Å². The van der Waals surface area contributed by atoms with Crippen molar-refractivity contribution in [2.75, 3.05) is 9.80 Å². The van der Waals surface area contributed by atoms with Crippen LogP contribution in [0.2, 0.25) is 0 Å². The monoisotopic (exact) mass is 983 g/mol. The van der Waals surface area contributed by atoms with Gasteiger partial charge in [-0.2, -0.15) is 0 Å². The summed E-state index contributed by atoms with van der Waals surface area (Å²) < 4.78 is 17.0. The van der Waals surface area contributed by atoms with Crippen molar-refractivity contribution < 1.29 is 8.83 Å². The summed E-state index contributed by atoms with van der Waals surface area (Å²) in [7, 11) is 0. The highest BCUT2D eigenvalue weighted by molar-refractivity contribution is 6.90. The van der Waals surface area contributed by atoms with E-state index >= 15 is 0 Å². The van der Waals surface area contributed by atoms with Gasteiger partial charge >= 0.3 is 6.85 Å². The Morgan fingerprint density at radius 2 is 1.00 bits per heavy atom. The minimum Gasteiger partial charge on any atom is -0.455 e. The molecule has 2 aliphatic rings. The fourth-order valence-corrected chi connectivity index (χ4v) is 12.9. The maximum Gasteiger partial charge on any atom is 0.333 e. The third kappa shape index (κ3) is 6.40. The van der Waals surface area contributed by atoms with Crippen LogP contribution in [0.4, 0.5) is 34.1 Å². The fraction of sp³-hybridized carbons (Fsp3) is 0.171. The van der Waals surface area contributed by atoms with Crippen LogP contribution in [-0.2, 0) is 16.2 Å². The Bertz CT molecular complexity index is 4530. The summed E-state index contributed by atoms with van der Waals surface area (Å²) in [4.78, 5) is 4.96. The molecule has 0 unspecified atom stereocenters. The zero-order valence-electron chi connectivity index (χ0n) is 44.6. The van der Waals surface area contributed by atoms with Crippen LogP contribution in [0.3, 0.4) is 0 Å². The van der Waals surface area contributed by atoms with Crippen molar-refractivity contribution in [2.45, 2.75) is 78.6 Å². The molecule has 2 aliphatic heterocycles. The van der Waals surface area contributed by atoms with Crippen molar-refractivity contribution >= 4 is 128 Å². The summed E-state index contributed by atoms with van der Waals surface area (Å²) in [5, 5.41) is 9.42. The molecule has 76 heavy (non-hydrogen) atoms. The summed E-state index contributed by atoms with van der Waals surface area (Å²) in [6, 6.07) is 70.3. The molecule has 0 fully saturated rings. The molecule has 0 aliphatic carbocycles. The van der Waals surface area contributed by atoms with Gasteiger partial charge in [0.2, 0.25) is 0 Å². The van der Waals surface area contributed by atoms with E-state index in [4.69, 9.17) is 8.83 Å².